The van der Waals surface area contributed by atoms with Crippen molar-refractivity contribution in [2.75, 3.05) is 0 Å². The highest BCUT2D eigenvalue weighted by Gasteiger charge is 2.07. The standard InChI is InChI=1S/C14H17FN2/c1-10-7-13(8-16)11(2)17(10)9-12-3-5-14(15)6-4-12/h3-7H,8-9,16H2,1-2H3. The van der Waals surface area contributed by atoms with E-state index < -0.39 is 0 Å². The molecular weight excluding hydrogens is 215 g/mol. The number of nitrogens with two attached hydrogens (primary N) is 1. The molecule has 0 atom stereocenters. The summed E-state index contributed by atoms with van der Waals surface area (Å²) < 4.78 is 15.0. The van der Waals surface area contributed by atoms with Gasteiger partial charge in [-0.25, -0.2) is 4.39 Å². The summed E-state index contributed by atoms with van der Waals surface area (Å²) in [6.07, 6.45) is 0. The van der Waals surface area contributed by atoms with E-state index in [4.69, 9.17) is 5.73 Å². The third kappa shape index (κ3) is 2.39. The maximum Gasteiger partial charge on any atom is 0.123 e. The molecule has 0 bridgehead atoms. The van der Waals surface area contributed by atoms with E-state index in [0.717, 1.165) is 12.1 Å². The van der Waals surface area contributed by atoms with Crippen LogP contribution in [0.15, 0.2) is 30.3 Å². The lowest BCUT2D eigenvalue weighted by molar-refractivity contribution is 0.626. The minimum atomic E-state index is -0.197. The van der Waals surface area contributed by atoms with Crippen molar-refractivity contribution in [2.24, 2.45) is 5.73 Å². The predicted octanol–water partition coefficient (Wildman–Crippen LogP) is 2.75. The van der Waals surface area contributed by atoms with E-state index >= 15 is 0 Å². The molecule has 2 aromatic rings. The molecule has 2 rings (SSSR count). The van der Waals surface area contributed by atoms with Crippen LogP contribution < -0.4 is 5.73 Å². The Hall–Kier alpha value is -1.61. The SMILES string of the molecule is Cc1cc(CN)c(C)n1Cc1ccc(F)cc1. The van der Waals surface area contributed by atoms with Crippen LogP contribution in [0.1, 0.15) is 22.5 Å². The Bertz CT molecular complexity index is 512. The van der Waals surface area contributed by atoms with E-state index in [1.165, 1.54) is 29.1 Å². The van der Waals surface area contributed by atoms with Crippen LogP contribution in [0.4, 0.5) is 4.39 Å². The van der Waals surface area contributed by atoms with Crippen LogP contribution in [0, 0.1) is 19.7 Å². The number of hydrogen-bond acceptors (Lipinski definition) is 1. The summed E-state index contributed by atoms with van der Waals surface area (Å²) in [5.74, 6) is -0.197. The smallest absolute Gasteiger partial charge is 0.123 e. The zero-order valence-electron chi connectivity index (χ0n) is 10.2. The van der Waals surface area contributed by atoms with Gasteiger partial charge in [-0.15, -0.1) is 0 Å². The summed E-state index contributed by atoms with van der Waals surface area (Å²) in [6, 6.07) is 8.73. The third-order valence-corrected chi connectivity index (χ3v) is 3.15. The number of benzene rings is 1. The summed E-state index contributed by atoms with van der Waals surface area (Å²) in [5, 5.41) is 0. The highest BCUT2D eigenvalue weighted by atomic mass is 19.1. The summed E-state index contributed by atoms with van der Waals surface area (Å²) >= 11 is 0. The van der Waals surface area contributed by atoms with Crippen LogP contribution in [0.2, 0.25) is 0 Å². The van der Waals surface area contributed by atoms with Crippen molar-refractivity contribution in [3.05, 3.63) is 58.7 Å². The molecule has 1 heterocycles. The molecule has 0 fully saturated rings. The molecule has 0 amide bonds. The monoisotopic (exact) mass is 232 g/mol. The fourth-order valence-corrected chi connectivity index (χ4v) is 2.09. The predicted molar refractivity (Wildman–Crippen MR) is 67.3 cm³/mol. The second kappa shape index (κ2) is 4.72. The molecule has 2 N–H and O–H groups in total. The Morgan fingerprint density at radius 1 is 1.18 bits per heavy atom. The molecular formula is C14H17FN2. The Morgan fingerprint density at radius 3 is 2.35 bits per heavy atom. The molecule has 0 saturated carbocycles. The Labute approximate surface area is 101 Å². The first-order valence-corrected chi connectivity index (χ1v) is 5.72. The molecule has 2 nitrogen and oxygen atoms in total. The molecule has 1 aromatic carbocycles. The molecule has 0 saturated heterocycles. The molecule has 0 aliphatic heterocycles. The summed E-state index contributed by atoms with van der Waals surface area (Å²) in [4.78, 5) is 0. The maximum absolute atomic E-state index is 12.8. The lowest BCUT2D eigenvalue weighted by Gasteiger charge is -2.10. The van der Waals surface area contributed by atoms with E-state index in [-0.39, 0.29) is 5.82 Å². The van der Waals surface area contributed by atoms with Crippen LogP contribution in [0.25, 0.3) is 0 Å². The maximum atomic E-state index is 12.8. The summed E-state index contributed by atoms with van der Waals surface area (Å²) in [5.41, 5.74) is 10.3. The van der Waals surface area contributed by atoms with E-state index in [9.17, 15) is 4.39 Å². The van der Waals surface area contributed by atoms with Crippen molar-refractivity contribution < 1.29 is 4.39 Å². The zero-order valence-corrected chi connectivity index (χ0v) is 10.2. The normalized spacial score (nSPS) is 10.8. The van der Waals surface area contributed by atoms with Gasteiger partial charge in [0.15, 0.2) is 0 Å². The topological polar surface area (TPSA) is 30.9 Å². The van der Waals surface area contributed by atoms with Crippen LogP contribution in [0.3, 0.4) is 0 Å². The quantitative estimate of drug-likeness (QED) is 0.866. The van der Waals surface area contributed by atoms with Gasteiger partial charge in [-0.3, -0.25) is 0 Å². The van der Waals surface area contributed by atoms with E-state index in [1.54, 1.807) is 0 Å². The van der Waals surface area contributed by atoms with Crippen molar-refractivity contribution >= 4 is 0 Å². The molecule has 1 aromatic heterocycles. The first-order valence-electron chi connectivity index (χ1n) is 5.72. The van der Waals surface area contributed by atoms with Gasteiger partial charge in [-0.05, 0) is 43.2 Å². The minimum absolute atomic E-state index is 0.197. The average molecular weight is 232 g/mol. The molecule has 90 valence electrons. The molecule has 0 unspecified atom stereocenters. The molecule has 0 aliphatic rings. The number of nitrogens with zero attached hydrogens (tertiary/aromatic N) is 1. The van der Waals surface area contributed by atoms with Crippen molar-refractivity contribution in [3.8, 4) is 0 Å². The van der Waals surface area contributed by atoms with Gasteiger partial charge in [0, 0.05) is 24.5 Å². The van der Waals surface area contributed by atoms with Gasteiger partial charge in [0.2, 0.25) is 0 Å². The van der Waals surface area contributed by atoms with Gasteiger partial charge in [0.1, 0.15) is 5.82 Å². The van der Waals surface area contributed by atoms with E-state index in [0.29, 0.717) is 6.54 Å². The van der Waals surface area contributed by atoms with Crippen LogP contribution in [-0.2, 0) is 13.1 Å². The molecule has 0 spiro atoms. The van der Waals surface area contributed by atoms with Crippen LogP contribution in [0.5, 0.6) is 0 Å². The molecule has 0 aliphatic carbocycles. The fraction of sp³-hybridized carbons (Fsp3) is 0.286. The summed E-state index contributed by atoms with van der Waals surface area (Å²) in [6.45, 7) is 5.45. The van der Waals surface area contributed by atoms with Gasteiger partial charge in [0.25, 0.3) is 0 Å². The zero-order chi connectivity index (χ0) is 12.4. The lowest BCUT2D eigenvalue weighted by atomic mass is 10.2. The van der Waals surface area contributed by atoms with Crippen molar-refractivity contribution in [1.29, 1.82) is 0 Å². The number of aryl methyl sites for hydroxylation is 1. The Kier molecular flexibility index (Phi) is 3.29. The number of halogens is 1. The van der Waals surface area contributed by atoms with E-state index in [2.05, 4.69) is 24.5 Å². The van der Waals surface area contributed by atoms with E-state index in [1.807, 2.05) is 12.1 Å². The van der Waals surface area contributed by atoms with Crippen LogP contribution >= 0.6 is 0 Å². The second-order valence-corrected chi connectivity index (χ2v) is 4.31. The summed E-state index contributed by atoms with van der Waals surface area (Å²) in [7, 11) is 0. The largest absolute Gasteiger partial charge is 0.344 e. The first-order chi connectivity index (χ1) is 8.11. The first kappa shape index (κ1) is 11.9. The number of rotatable bonds is 3. The van der Waals surface area contributed by atoms with Crippen LogP contribution in [-0.4, -0.2) is 4.57 Å². The van der Waals surface area contributed by atoms with Gasteiger partial charge in [-0.2, -0.15) is 0 Å². The van der Waals surface area contributed by atoms with Crippen molar-refractivity contribution in [2.45, 2.75) is 26.9 Å². The highest BCUT2D eigenvalue weighted by Crippen LogP contribution is 2.16. The highest BCUT2D eigenvalue weighted by molar-refractivity contribution is 5.28. The third-order valence-electron chi connectivity index (χ3n) is 3.15. The van der Waals surface area contributed by atoms with Crippen molar-refractivity contribution in [3.63, 3.8) is 0 Å². The molecule has 3 heteroatoms. The molecule has 17 heavy (non-hydrogen) atoms. The molecule has 0 radical (unpaired) electrons. The second-order valence-electron chi connectivity index (χ2n) is 4.31. The van der Waals surface area contributed by atoms with Crippen molar-refractivity contribution in [1.82, 2.24) is 4.57 Å². The van der Waals surface area contributed by atoms with Gasteiger partial charge in [0.05, 0.1) is 0 Å². The lowest BCUT2D eigenvalue weighted by Crippen LogP contribution is -2.05. The minimum Gasteiger partial charge on any atom is -0.344 e. The Balaban J connectivity index is 2.29. The average Bonchev–Trinajstić information content (AvgIpc) is 2.59. The van der Waals surface area contributed by atoms with Gasteiger partial charge >= 0.3 is 0 Å². The van der Waals surface area contributed by atoms with Gasteiger partial charge < -0.3 is 10.3 Å². The number of aromatic nitrogens is 1. The van der Waals surface area contributed by atoms with Gasteiger partial charge in [-0.1, -0.05) is 12.1 Å². The fourth-order valence-electron chi connectivity index (χ4n) is 2.09. The Morgan fingerprint density at radius 2 is 1.82 bits per heavy atom. The number of hydrogen-bond donors (Lipinski definition) is 1.